The average molecular weight is 365 g/mol. The zero-order valence-corrected chi connectivity index (χ0v) is 15.7. The van der Waals surface area contributed by atoms with Crippen LogP contribution in [0.25, 0.3) is 0 Å². The summed E-state index contributed by atoms with van der Waals surface area (Å²) in [5.74, 6) is 0. The van der Waals surface area contributed by atoms with Gasteiger partial charge in [-0.3, -0.25) is 0 Å². The third kappa shape index (κ3) is 3.96. The first kappa shape index (κ1) is 18.0. The maximum atomic E-state index is 11.8. The van der Waals surface area contributed by atoms with Gasteiger partial charge in [-0.2, -0.15) is 0 Å². The molecule has 0 spiro atoms. The van der Waals surface area contributed by atoms with E-state index in [-0.39, 0.29) is 6.04 Å². The maximum Gasteiger partial charge on any atom is 0.146 e. The molecule has 0 bridgehead atoms. The van der Waals surface area contributed by atoms with Crippen molar-refractivity contribution in [1.29, 1.82) is 0 Å². The fraction of sp³-hybridized carbons (Fsp3) is 0.115. The molecule has 0 amide bonds. The van der Waals surface area contributed by atoms with E-state index in [1.807, 2.05) is 36.6 Å². The highest BCUT2D eigenvalue weighted by atomic mass is 16.1. The first-order valence-electron chi connectivity index (χ1n) is 9.62. The Morgan fingerprint density at radius 3 is 1.82 bits per heavy atom. The number of carbonyl (C=O) groups excluding carboxylic acids is 1. The first-order chi connectivity index (χ1) is 13.8. The minimum atomic E-state index is -0.281. The van der Waals surface area contributed by atoms with Crippen molar-refractivity contribution in [3.63, 3.8) is 0 Å². The van der Waals surface area contributed by atoms with Crippen molar-refractivity contribution in [3.8, 4) is 0 Å². The van der Waals surface area contributed by atoms with Crippen molar-refractivity contribution < 1.29 is 4.79 Å². The number of aldehydes is 1. The summed E-state index contributed by atoms with van der Waals surface area (Å²) in [6, 6.07) is 27.1. The van der Waals surface area contributed by atoms with Crippen molar-refractivity contribution in [3.05, 3.63) is 126 Å². The molecule has 3 aromatic carbocycles. The minimum Gasteiger partial charge on any atom is -0.334 e. The summed E-state index contributed by atoms with van der Waals surface area (Å²) in [5.41, 5.74) is 6.12. The zero-order chi connectivity index (χ0) is 19.2. The van der Waals surface area contributed by atoms with Crippen LogP contribution in [0.4, 0.5) is 5.69 Å². The van der Waals surface area contributed by atoms with E-state index in [0.717, 1.165) is 24.8 Å². The molecule has 28 heavy (non-hydrogen) atoms. The SMILES string of the molecule is O=CC1C=CC=CN1c1c(Cc2ccccc2)cccc1Cc1ccccc1. The second kappa shape index (κ2) is 8.53. The van der Waals surface area contributed by atoms with Crippen LogP contribution in [0, 0.1) is 0 Å². The van der Waals surface area contributed by atoms with E-state index < -0.39 is 0 Å². The van der Waals surface area contributed by atoms with Gasteiger partial charge in [0.15, 0.2) is 0 Å². The number of allylic oxidation sites excluding steroid dienone is 2. The molecule has 1 aliphatic heterocycles. The number of nitrogens with zero attached hydrogens (tertiary/aromatic N) is 1. The number of rotatable bonds is 6. The van der Waals surface area contributed by atoms with E-state index in [1.165, 1.54) is 22.3 Å². The largest absolute Gasteiger partial charge is 0.334 e. The Labute approximate surface area is 166 Å². The Hall–Kier alpha value is -3.39. The molecule has 3 aromatic rings. The quantitative estimate of drug-likeness (QED) is 0.551. The normalized spacial score (nSPS) is 15.6. The molecular formula is C26H23NO. The molecule has 1 aliphatic rings. The van der Waals surface area contributed by atoms with Crippen LogP contribution in [-0.4, -0.2) is 12.3 Å². The van der Waals surface area contributed by atoms with Crippen molar-refractivity contribution in [1.82, 2.24) is 0 Å². The third-order valence-corrected chi connectivity index (χ3v) is 5.06. The van der Waals surface area contributed by atoms with E-state index in [2.05, 4.69) is 71.6 Å². The number of carbonyl (C=O) groups is 1. The molecule has 0 fully saturated rings. The van der Waals surface area contributed by atoms with Gasteiger partial charge in [-0.25, -0.2) is 0 Å². The molecule has 1 unspecified atom stereocenters. The Bertz CT molecular complexity index is 930. The smallest absolute Gasteiger partial charge is 0.146 e. The lowest BCUT2D eigenvalue weighted by atomic mass is 9.94. The van der Waals surface area contributed by atoms with Gasteiger partial charge in [0.2, 0.25) is 0 Å². The van der Waals surface area contributed by atoms with Gasteiger partial charge in [-0.1, -0.05) is 91.0 Å². The predicted molar refractivity (Wildman–Crippen MR) is 116 cm³/mol. The summed E-state index contributed by atoms with van der Waals surface area (Å²) < 4.78 is 0. The number of para-hydroxylation sites is 1. The van der Waals surface area contributed by atoms with E-state index in [0.29, 0.717) is 0 Å². The van der Waals surface area contributed by atoms with E-state index in [1.54, 1.807) is 0 Å². The van der Waals surface area contributed by atoms with Crippen LogP contribution < -0.4 is 4.90 Å². The van der Waals surface area contributed by atoms with Gasteiger partial charge >= 0.3 is 0 Å². The summed E-state index contributed by atoms with van der Waals surface area (Å²) in [6.07, 6.45) is 10.6. The van der Waals surface area contributed by atoms with Crippen LogP contribution in [0.5, 0.6) is 0 Å². The molecule has 4 rings (SSSR count). The molecule has 0 radical (unpaired) electrons. The molecule has 2 nitrogen and oxygen atoms in total. The van der Waals surface area contributed by atoms with Gasteiger partial charge in [0, 0.05) is 11.9 Å². The lowest BCUT2D eigenvalue weighted by Gasteiger charge is -2.31. The topological polar surface area (TPSA) is 20.3 Å². The zero-order valence-electron chi connectivity index (χ0n) is 15.7. The fourth-order valence-corrected chi connectivity index (χ4v) is 3.74. The van der Waals surface area contributed by atoms with Crippen LogP contribution >= 0.6 is 0 Å². The summed E-state index contributed by atoms with van der Waals surface area (Å²) in [5, 5.41) is 0. The molecule has 138 valence electrons. The molecule has 0 aliphatic carbocycles. The van der Waals surface area contributed by atoms with Gasteiger partial charge in [0.25, 0.3) is 0 Å². The van der Waals surface area contributed by atoms with Gasteiger partial charge < -0.3 is 9.69 Å². The Kier molecular flexibility index (Phi) is 5.48. The lowest BCUT2D eigenvalue weighted by Crippen LogP contribution is -2.33. The highest BCUT2D eigenvalue weighted by molar-refractivity contribution is 5.75. The number of hydrogen-bond donors (Lipinski definition) is 0. The van der Waals surface area contributed by atoms with Crippen LogP contribution in [-0.2, 0) is 17.6 Å². The highest BCUT2D eigenvalue weighted by Gasteiger charge is 2.21. The van der Waals surface area contributed by atoms with Gasteiger partial charge in [0.05, 0.1) is 0 Å². The summed E-state index contributed by atoms with van der Waals surface area (Å²) >= 11 is 0. The Balaban J connectivity index is 1.79. The van der Waals surface area contributed by atoms with Gasteiger partial charge in [-0.05, 0) is 41.2 Å². The van der Waals surface area contributed by atoms with Crippen molar-refractivity contribution in [2.24, 2.45) is 0 Å². The molecule has 0 saturated carbocycles. The van der Waals surface area contributed by atoms with Gasteiger partial charge in [0.1, 0.15) is 12.3 Å². The predicted octanol–water partition coefficient (Wildman–Crippen LogP) is 5.33. The second-order valence-electron chi connectivity index (χ2n) is 7.01. The standard InChI is InChI=1S/C26H23NO/c28-20-25-16-7-8-17-27(25)26-23(18-21-10-3-1-4-11-21)14-9-15-24(26)19-22-12-5-2-6-13-22/h1-17,20,25H,18-19H2. The fourth-order valence-electron chi connectivity index (χ4n) is 3.74. The van der Waals surface area contributed by atoms with Crippen molar-refractivity contribution >= 4 is 12.0 Å². The monoisotopic (exact) mass is 365 g/mol. The first-order valence-corrected chi connectivity index (χ1v) is 9.62. The van der Waals surface area contributed by atoms with Gasteiger partial charge in [-0.15, -0.1) is 0 Å². The minimum absolute atomic E-state index is 0.281. The Morgan fingerprint density at radius 2 is 1.29 bits per heavy atom. The highest BCUT2D eigenvalue weighted by Crippen LogP contribution is 2.32. The van der Waals surface area contributed by atoms with E-state index >= 15 is 0 Å². The average Bonchev–Trinajstić information content (AvgIpc) is 2.75. The van der Waals surface area contributed by atoms with Crippen LogP contribution in [0.3, 0.4) is 0 Å². The van der Waals surface area contributed by atoms with Crippen molar-refractivity contribution in [2.75, 3.05) is 4.90 Å². The lowest BCUT2D eigenvalue weighted by molar-refractivity contribution is -0.108. The molecule has 0 saturated heterocycles. The molecule has 0 aromatic heterocycles. The van der Waals surface area contributed by atoms with E-state index in [4.69, 9.17) is 0 Å². The van der Waals surface area contributed by atoms with Crippen molar-refractivity contribution in [2.45, 2.75) is 18.9 Å². The van der Waals surface area contributed by atoms with Crippen LogP contribution in [0.2, 0.25) is 0 Å². The summed E-state index contributed by atoms with van der Waals surface area (Å²) in [4.78, 5) is 13.9. The third-order valence-electron chi connectivity index (χ3n) is 5.06. The van der Waals surface area contributed by atoms with E-state index in [9.17, 15) is 4.79 Å². The summed E-state index contributed by atoms with van der Waals surface area (Å²) in [7, 11) is 0. The second-order valence-corrected chi connectivity index (χ2v) is 7.01. The number of benzene rings is 3. The number of anilines is 1. The molecule has 1 atom stereocenters. The number of hydrogen-bond acceptors (Lipinski definition) is 2. The van der Waals surface area contributed by atoms with Crippen LogP contribution in [0.1, 0.15) is 22.3 Å². The molecule has 2 heteroatoms. The van der Waals surface area contributed by atoms with Crippen LogP contribution in [0.15, 0.2) is 103 Å². The molecule has 1 heterocycles. The molecular weight excluding hydrogens is 342 g/mol. The molecule has 0 N–H and O–H groups in total. The maximum absolute atomic E-state index is 11.8. The Morgan fingerprint density at radius 1 is 0.714 bits per heavy atom. The summed E-state index contributed by atoms with van der Waals surface area (Å²) in [6.45, 7) is 0.